The number of piperidine rings is 1. The van der Waals surface area contributed by atoms with E-state index >= 15 is 0 Å². The molecule has 2 aromatic heterocycles. The topological polar surface area (TPSA) is 105 Å². The SMILES string of the molecule is COc1cc(C)[nH]c(=O)c1CNC(=O)c1c(C)n([C@@H](C)C2CCN(CCN)CC2)c2ccccc12. The van der Waals surface area contributed by atoms with Gasteiger partial charge in [-0.1, -0.05) is 18.2 Å². The van der Waals surface area contributed by atoms with E-state index in [9.17, 15) is 9.59 Å². The van der Waals surface area contributed by atoms with Crippen LogP contribution in [0.3, 0.4) is 0 Å². The number of ether oxygens (including phenoxy) is 1. The summed E-state index contributed by atoms with van der Waals surface area (Å²) < 4.78 is 7.70. The number of nitrogens with one attached hydrogen (secondary N) is 2. The number of aryl methyl sites for hydroxylation is 1. The summed E-state index contributed by atoms with van der Waals surface area (Å²) in [5.41, 5.74) is 9.29. The number of methoxy groups -OCH3 is 1. The van der Waals surface area contributed by atoms with Crippen LogP contribution < -0.4 is 21.3 Å². The summed E-state index contributed by atoms with van der Waals surface area (Å²) in [6, 6.07) is 10.1. The lowest BCUT2D eigenvalue weighted by Crippen LogP contribution is -2.39. The van der Waals surface area contributed by atoms with Crippen LogP contribution in [-0.2, 0) is 6.54 Å². The molecule has 1 aromatic carbocycles. The van der Waals surface area contributed by atoms with Crippen molar-refractivity contribution in [3.05, 3.63) is 63.2 Å². The van der Waals surface area contributed by atoms with Gasteiger partial charge in [-0.25, -0.2) is 0 Å². The highest BCUT2D eigenvalue weighted by molar-refractivity contribution is 6.08. The molecule has 1 atom stereocenters. The summed E-state index contributed by atoms with van der Waals surface area (Å²) in [5.74, 6) is 0.814. The molecule has 1 aliphatic heterocycles. The third kappa shape index (κ3) is 4.99. The lowest BCUT2D eigenvalue weighted by molar-refractivity contribution is 0.0951. The molecule has 0 spiro atoms. The van der Waals surface area contributed by atoms with Crippen molar-refractivity contribution in [2.45, 2.75) is 46.2 Å². The molecule has 1 saturated heterocycles. The first-order valence-corrected chi connectivity index (χ1v) is 12.4. The molecule has 3 aromatic rings. The monoisotopic (exact) mass is 479 g/mol. The van der Waals surface area contributed by atoms with Crippen molar-refractivity contribution in [3.63, 3.8) is 0 Å². The summed E-state index contributed by atoms with van der Waals surface area (Å²) in [6.07, 6.45) is 2.23. The van der Waals surface area contributed by atoms with Crippen molar-refractivity contribution in [3.8, 4) is 5.75 Å². The van der Waals surface area contributed by atoms with E-state index in [-0.39, 0.29) is 24.1 Å². The highest BCUT2D eigenvalue weighted by Gasteiger charge is 2.29. The maximum absolute atomic E-state index is 13.5. The Balaban J connectivity index is 1.61. The van der Waals surface area contributed by atoms with Gasteiger partial charge in [-0.2, -0.15) is 0 Å². The van der Waals surface area contributed by atoms with Crippen LogP contribution in [0.15, 0.2) is 35.1 Å². The van der Waals surface area contributed by atoms with E-state index in [0.29, 0.717) is 35.0 Å². The highest BCUT2D eigenvalue weighted by atomic mass is 16.5. The Hall–Kier alpha value is -3.10. The van der Waals surface area contributed by atoms with Crippen molar-refractivity contribution in [1.29, 1.82) is 0 Å². The van der Waals surface area contributed by atoms with Crippen molar-refractivity contribution in [1.82, 2.24) is 19.8 Å². The highest BCUT2D eigenvalue weighted by Crippen LogP contribution is 2.35. The molecule has 1 aliphatic rings. The van der Waals surface area contributed by atoms with Gasteiger partial charge in [0.2, 0.25) is 0 Å². The number of fused-ring (bicyclic) bond motifs is 1. The predicted molar refractivity (Wildman–Crippen MR) is 139 cm³/mol. The molecule has 0 unspecified atom stereocenters. The van der Waals surface area contributed by atoms with E-state index in [4.69, 9.17) is 10.5 Å². The van der Waals surface area contributed by atoms with Crippen LogP contribution in [-0.4, -0.2) is 53.6 Å². The summed E-state index contributed by atoms with van der Waals surface area (Å²) >= 11 is 0. The second-order valence-electron chi connectivity index (χ2n) is 9.57. The number of rotatable bonds is 8. The van der Waals surface area contributed by atoms with E-state index in [1.54, 1.807) is 13.0 Å². The van der Waals surface area contributed by atoms with E-state index in [1.807, 2.05) is 25.1 Å². The van der Waals surface area contributed by atoms with Gasteiger partial charge in [0.1, 0.15) is 5.75 Å². The van der Waals surface area contributed by atoms with Crippen LogP contribution in [0.2, 0.25) is 0 Å². The van der Waals surface area contributed by atoms with E-state index < -0.39 is 0 Å². The second-order valence-corrected chi connectivity index (χ2v) is 9.57. The Morgan fingerprint density at radius 2 is 1.97 bits per heavy atom. The lowest BCUT2D eigenvalue weighted by atomic mass is 9.90. The Morgan fingerprint density at radius 1 is 1.26 bits per heavy atom. The third-order valence-electron chi connectivity index (χ3n) is 7.43. The molecule has 3 heterocycles. The fraction of sp³-hybridized carbons (Fsp3) is 0.481. The number of carbonyl (C=O) groups is 1. The maximum atomic E-state index is 13.5. The molecule has 8 nitrogen and oxygen atoms in total. The van der Waals surface area contributed by atoms with Crippen LogP contribution in [0.1, 0.15) is 53.1 Å². The number of para-hydroxylation sites is 1. The van der Waals surface area contributed by atoms with Crippen LogP contribution in [0.4, 0.5) is 0 Å². The second kappa shape index (κ2) is 10.7. The Morgan fingerprint density at radius 3 is 2.66 bits per heavy atom. The van der Waals surface area contributed by atoms with Gasteiger partial charge in [0, 0.05) is 41.4 Å². The molecule has 1 amide bonds. The van der Waals surface area contributed by atoms with E-state index in [0.717, 1.165) is 49.1 Å². The minimum absolute atomic E-state index is 0.0890. The van der Waals surface area contributed by atoms with Gasteiger partial charge >= 0.3 is 0 Å². The molecule has 8 heteroatoms. The molecule has 0 saturated carbocycles. The van der Waals surface area contributed by atoms with Crippen molar-refractivity contribution < 1.29 is 9.53 Å². The zero-order valence-electron chi connectivity index (χ0n) is 21.2. The fourth-order valence-corrected chi connectivity index (χ4v) is 5.55. The molecule has 0 radical (unpaired) electrons. The first-order chi connectivity index (χ1) is 16.8. The number of benzene rings is 1. The first kappa shape index (κ1) is 25.0. The van der Waals surface area contributed by atoms with E-state index in [1.165, 1.54) is 7.11 Å². The Bertz CT molecular complexity index is 1250. The molecule has 4 N–H and O–H groups in total. The standard InChI is InChI=1S/C27H37N5O3/c1-17-15-24(35-4)22(26(33)30-17)16-29-27(34)25-19(3)32(23-8-6-5-7-21(23)25)18(2)20-9-12-31(13-10-20)14-11-28/h5-8,15,18,20H,9-14,16,28H2,1-4H3,(H,29,34)(H,30,33)/t18-/m0/s1. The summed E-state index contributed by atoms with van der Waals surface area (Å²) in [4.78, 5) is 31.2. The van der Waals surface area contributed by atoms with Crippen LogP contribution >= 0.6 is 0 Å². The summed E-state index contributed by atoms with van der Waals surface area (Å²) in [5, 5.41) is 3.89. The van der Waals surface area contributed by atoms with Gasteiger partial charge < -0.3 is 30.2 Å². The number of aromatic nitrogens is 2. The third-order valence-corrected chi connectivity index (χ3v) is 7.43. The van der Waals surface area contributed by atoms with E-state index in [2.05, 4.69) is 32.8 Å². The number of hydrogen-bond donors (Lipinski definition) is 3. The number of nitrogens with zero attached hydrogens (tertiary/aromatic N) is 2. The number of amides is 1. The van der Waals surface area contributed by atoms with Gasteiger partial charge in [0.05, 0.1) is 24.8 Å². The minimum Gasteiger partial charge on any atom is -0.496 e. The molecular formula is C27H37N5O3. The van der Waals surface area contributed by atoms with Crippen LogP contribution in [0.25, 0.3) is 10.9 Å². The first-order valence-electron chi connectivity index (χ1n) is 12.4. The van der Waals surface area contributed by atoms with Crippen molar-refractivity contribution in [2.75, 3.05) is 33.3 Å². The minimum atomic E-state index is -0.254. The average molecular weight is 480 g/mol. The van der Waals surface area contributed by atoms with Crippen LogP contribution in [0, 0.1) is 19.8 Å². The quantitative estimate of drug-likeness (QED) is 0.460. The number of aromatic amines is 1. The number of carbonyl (C=O) groups excluding carboxylic acids is 1. The molecule has 188 valence electrons. The van der Waals surface area contributed by atoms with Gasteiger partial charge in [0.25, 0.3) is 11.5 Å². The van der Waals surface area contributed by atoms with Gasteiger partial charge in [-0.15, -0.1) is 0 Å². The Labute approximate surface area is 206 Å². The maximum Gasteiger partial charge on any atom is 0.256 e. The summed E-state index contributed by atoms with van der Waals surface area (Å²) in [7, 11) is 1.53. The molecule has 35 heavy (non-hydrogen) atoms. The largest absolute Gasteiger partial charge is 0.496 e. The lowest BCUT2D eigenvalue weighted by Gasteiger charge is -2.36. The van der Waals surface area contributed by atoms with Gasteiger partial charge in [-0.05, 0) is 64.8 Å². The average Bonchev–Trinajstić information content (AvgIpc) is 3.14. The summed E-state index contributed by atoms with van der Waals surface area (Å²) in [6.45, 7) is 9.94. The Kier molecular flexibility index (Phi) is 7.62. The van der Waals surface area contributed by atoms with Gasteiger partial charge in [-0.3, -0.25) is 9.59 Å². The number of hydrogen-bond acceptors (Lipinski definition) is 5. The van der Waals surface area contributed by atoms with Crippen LogP contribution in [0.5, 0.6) is 5.75 Å². The predicted octanol–water partition coefficient (Wildman–Crippen LogP) is 3.12. The molecule has 0 bridgehead atoms. The molecule has 4 rings (SSSR count). The number of H-pyrrole nitrogens is 1. The number of pyridine rings is 1. The normalized spacial score (nSPS) is 15.9. The molecular weight excluding hydrogens is 442 g/mol. The number of nitrogens with two attached hydrogens (primary N) is 1. The molecule has 0 aliphatic carbocycles. The van der Waals surface area contributed by atoms with Crippen molar-refractivity contribution in [2.24, 2.45) is 11.7 Å². The fourth-order valence-electron chi connectivity index (χ4n) is 5.55. The zero-order chi connectivity index (χ0) is 25.1. The zero-order valence-corrected chi connectivity index (χ0v) is 21.2. The molecule has 1 fully saturated rings. The van der Waals surface area contributed by atoms with Crippen molar-refractivity contribution >= 4 is 16.8 Å². The number of likely N-dealkylation sites (tertiary alicyclic amines) is 1. The smallest absolute Gasteiger partial charge is 0.256 e. The van der Waals surface area contributed by atoms with Gasteiger partial charge in [0.15, 0.2) is 0 Å².